The van der Waals surface area contributed by atoms with Gasteiger partial charge >= 0.3 is 18.1 Å². The number of aryl methyl sites for hydroxylation is 1. The lowest BCUT2D eigenvalue weighted by atomic mass is 9.60. The molecule has 4 aliphatic rings. The van der Waals surface area contributed by atoms with Gasteiger partial charge in [-0.05, 0) is 91.0 Å². The molecule has 1 saturated heterocycles. The zero-order valence-corrected chi connectivity index (χ0v) is 29.1. The Labute approximate surface area is 280 Å². The van der Waals surface area contributed by atoms with Gasteiger partial charge in [-0.1, -0.05) is 19.9 Å². The number of phenolic OH excluding ortho intramolecular Hbond substituents is 1. The Balaban J connectivity index is 1.29. The Kier molecular flexibility index (Phi) is 9.28. The Morgan fingerprint density at radius 1 is 1.08 bits per heavy atom. The number of rotatable bonds is 9. The van der Waals surface area contributed by atoms with Gasteiger partial charge in [0.1, 0.15) is 17.4 Å². The molecule has 1 spiro atoms. The second-order valence-electron chi connectivity index (χ2n) is 15.1. The first-order valence-electron chi connectivity index (χ1n) is 16.5. The van der Waals surface area contributed by atoms with Crippen LogP contribution < -0.4 is 10.1 Å². The van der Waals surface area contributed by atoms with Gasteiger partial charge < -0.3 is 39.2 Å². The van der Waals surface area contributed by atoms with Gasteiger partial charge in [0.05, 0.1) is 11.0 Å². The fraction of sp³-hybridized carbons (Fsp3) is 0.657. The molecule has 3 N–H and O–H groups in total. The molecule has 8 atom stereocenters. The number of aliphatic hydroxyl groups is 1. The smallest absolute Gasteiger partial charge is 0.504 e. The van der Waals surface area contributed by atoms with Gasteiger partial charge in [-0.2, -0.15) is 0 Å². The molecule has 48 heavy (non-hydrogen) atoms. The average molecular weight is 673 g/mol. The number of likely N-dealkylation sites (N-methyl/N-ethyl adjacent to an activating group) is 1. The molecule has 1 aromatic rings. The number of phenols is 1. The van der Waals surface area contributed by atoms with E-state index in [1.165, 1.54) is 13.8 Å². The Morgan fingerprint density at radius 2 is 1.77 bits per heavy atom. The van der Waals surface area contributed by atoms with Crippen molar-refractivity contribution >= 4 is 24.0 Å². The van der Waals surface area contributed by atoms with Crippen LogP contribution in [0, 0.1) is 18.8 Å². The number of hydrogen-bond acceptors (Lipinski definition) is 12. The molecule has 13 heteroatoms. The average Bonchev–Trinajstić information content (AvgIpc) is 3.42. The maximum atomic E-state index is 13.4. The summed E-state index contributed by atoms with van der Waals surface area (Å²) in [6.07, 6.45) is -1.97. The highest BCUT2D eigenvalue weighted by atomic mass is 16.7. The van der Waals surface area contributed by atoms with Crippen LogP contribution in [-0.4, -0.2) is 94.3 Å². The molecule has 1 amide bonds. The predicted molar refractivity (Wildman–Crippen MR) is 171 cm³/mol. The van der Waals surface area contributed by atoms with Crippen molar-refractivity contribution < 1.29 is 53.1 Å². The minimum atomic E-state index is -1.37. The third-order valence-corrected chi connectivity index (χ3v) is 9.82. The summed E-state index contributed by atoms with van der Waals surface area (Å²) in [6, 6.07) is 2.07. The van der Waals surface area contributed by atoms with Crippen molar-refractivity contribution in [3.8, 4) is 11.5 Å². The lowest BCUT2D eigenvalue weighted by Crippen LogP contribution is -2.67. The topological polar surface area (TPSA) is 170 Å². The highest BCUT2D eigenvalue weighted by molar-refractivity contribution is 5.89. The van der Waals surface area contributed by atoms with Crippen molar-refractivity contribution in [2.75, 3.05) is 13.6 Å². The second kappa shape index (κ2) is 12.6. The zero-order chi connectivity index (χ0) is 35.5. The molecule has 1 saturated carbocycles. The lowest BCUT2D eigenvalue weighted by Gasteiger charge is -2.52. The number of aromatic hydroxyl groups is 1. The molecule has 2 fully saturated rings. The van der Waals surface area contributed by atoms with E-state index in [1.807, 2.05) is 27.8 Å². The van der Waals surface area contributed by atoms with Crippen LogP contribution in [-0.2, 0) is 38.7 Å². The quantitative estimate of drug-likeness (QED) is 0.259. The minimum Gasteiger partial charge on any atom is -0.504 e. The molecular weight excluding hydrogens is 624 g/mol. The Morgan fingerprint density at radius 3 is 2.40 bits per heavy atom. The molecule has 0 radical (unpaired) electrons. The van der Waals surface area contributed by atoms with Crippen LogP contribution >= 0.6 is 0 Å². The third kappa shape index (κ3) is 6.11. The number of benzene rings is 1. The summed E-state index contributed by atoms with van der Waals surface area (Å²) in [5, 5.41) is 25.7. The molecular formula is C35H48N2O11. The van der Waals surface area contributed by atoms with Gasteiger partial charge in [-0.15, -0.1) is 0 Å². The van der Waals surface area contributed by atoms with Gasteiger partial charge in [-0.25, -0.2) is 14.4 Å². The minimum absolute atomic E-state index is 0.0451. The van der Waals surface area contributed by atoms with Crippen molar-refractivity contribution in [2.45, 2.75) is 122 Å². The number of amides is 1. The van der Waals surface area contributed by atoms with E-state index in [4.69, 9.17) is 23.7 Å². The van der Waals surface area contributed by atoms with Gasteiger partial charge in [0, 0.05) is 24.6 Å². The van der Waals surface area contributed by atoms with Crippen LogP contribution in [0.5, 0.6) is 11.5 Å². The van der Waals surface area contributed by atoms with E-state index in [9.17, 15) is 29.4 Å². The van der Waals surface area contributed by atoms with Gasteiger partial charge in [-0.3, -0.25) is 9.69 Å². The van der Waals surface area contributed by atoms with Gasteiger partial charge in [0.15, 0.2) is 29.8 Å². The number of fused-ring (bicyclic) bond motifs is 3. The maximum Gasteiger partial charge on any atom is 0.509 e. The Hall–Kier alpha value is -3.84. The summed E-state index contributed by atoms with van der Waals surface area (Å²) in [4.78, 5) is 53.7. The number of nitrogens with one attached hydrogen (secondary N) is 1. The summed E-state index contributed by atoms with van der Waals surface area (Å²) >= 11 is 0. The molecule has 1 unspecified atom stereocenters. The van der Waals surface area contributed by atoms with Crippen LogP contribution in [0.15, 0.2) is 24.0 Å². The summed E-state index contributed by atoms with van der Waals surface area (Å²) in [6.45, 7) is 14.1. The van der Waals surface area contributed by atoms with Crippen molar-refractivity contribution in [1.29, 1.82) is 0 Å². The molecule has 0 bridgehead atoms. The molecule has 2 heterocycles. The Bertz CT molecular complexity index is 1520. The number of carbonyl (C=O) groups is 4. The summed E-state index contributed by atoms with van der Waals surface area (Å²) in [7, 11) is 1.97. The predicted octanol–water partition coefficient (Wildman–Crippen LogP) is 3.40. The van der Waals surface area contributed by atoms with E-state index in [2.05, 4.69) is 10.2 Å². The fourth-order valence-electron chi connectivity index (χ4n) is 7.95. The monoisotopic (exact) mass is 672 g/mol. The number of carbonyl (C=O) groups excluding carboxylic acids is 4. The van der Waals surface area contributed by atoms with Crippen LogP contribution in [0.25, 0.3) is 0 Å². The van der Waals surface area contributed by atoms with Crippen molar-refractivity contribution in [3.05, 3.63) is 35.1 Å². The highest BCUT2D eigenvalue weighted by Crippen LogP contribution is 2.68. The number of esters is 2. The zero-order valence-electron chi connectivity index (χ0n) is 29.1. The van der Waals surface area contributed by atoms with E-state index < -0.39 is 65.0 Å². The standard InChI is InChI=1S/C35H48N2O11/c1-17(2)14-22(36-29(39)19(4)45-32(42)48-33(6,7)8)31(41)44-20(5)30(40)46-24-12-13-35(43)27-21(16-37(27)9)15-34(35)25-18(3)10-11-23(38)26(25)47-28(24)34/h10-12,17,19-22,27-28,38,43H,13-16H2,1-9H3,(H,36,39)/t19-,20-,21?,22-,27+,28-,34-,35+/m0/s1. The highest BCUT2D eigenvalue weighted by Gasteiger charge is 2.76. The third-order valence-electron chi connectivity index (χ3n) is 9.82. The molecule has 2 aliphatic carbocycles. The number of likely N-dealkylation sites (tertiary alicyclic amines) is 1. The molecule has 264 valence electrons. The van der Waals surface area contributed by atoms with Crippen LogP contribution in [0.4, 0.5) is 4.79 Å². The molecule has 5 rings (SSSR count). The first-order chi connectivity index (χ1) is 22.3. The van der Waals surface area contributed by atoms with Crippen molar-refractivity contribution in [2.24, 2.45) is 11.8 Å². The van der Waals surface area contributed by atoms with Gasteiger partial charge in [0.2, 0.25) is 0 Å². The van der Waals surface area contributed by atoms with Crippen LogP contribution in [0.1, 0.15) is 78.9 Å². The molecule has 2 aliphatic heterocycles. The summed E-state index contributed by atoms with van der Waals surface area (Å²) < 4.78 is 27.9. The molecule has 0 aromatic heterocycles. The summed E-state index contributed by atoms with van der Waals surface area (Å²) in [5.41, 5.74) is -1.46. The number of hydrogen-bond donors (Lipinski definition) is 3. The van der Waals surface area contributed by atoms with E-state index in [1.54, 1.807) is 39.0 Å². The largest absolute Gasteiger partial charge is 0.509 e. The summed E-state index contributed by atoms with van der Waals surface area (Å²) in [5.74, 6) is -1.96. The van der Waals surface area contributed by atoms with Crippen LogP contribution in [0.2, 0.25) is 0 Å². The van der Waals surface area contributed by atoms with E-state index in [0.29, 0.717) is 6.42 Å². The first kappa shape index (κ1) is 35.5. The first-order valence-corrected chi connectivity index (χ1v) is 16.5. The molecule has 1 aromatic carbocycles. The van der Waals surface area contributed by atoms with Crippen molar-refractivity contribution in [3.63, 3.8) is 0 Å². The number of nitrogens with zero attached hydrogens (tertiary/aromatic N) is 1. The number of ether oxygens (including phenoxy) is 5. The maximum absolute atomic E-state index is 13.4. The van der Waals surface area contributed by atoms with E-state index in [0.717, 1.165) is 17.7 Å². The lowest BCUT2D eigenvalue weighted by molar-refractivity contribution is -0.168. The molecule has 13 nitrogen and oxygen atoms in total. The van der Waals surface area contributed by atoms with E-state index >= 15 is 0 Å². The second-order valence-corrected chi connectivity index (χ2v) is 15.1. The normalized spacial score (nSPS) is 29.0. The fourth-order valence-corrected chi connectivity index (χ4v) is 7.95. The SMILES string of the molecule is Cc1ccc(O)c2c1[C@]13CC4CN(C)[C@H]4[C@]1(O)CC=C(OC(=O)[C@H](C)OC(=O)[C@H](CC(C)C)NC(=O)[C@H](C)OC(=O)OC(C)(C)C)[C@@H]3O2. The van der Waals surface area contributed by atoms with Gasteiger partial charge in [0.25, 0.3) is 5.91 Å². The van der Waals surface area contributed by atoms with Crippen molar-refractivity contribution in [1.82, 2.24) is 10.2 Å². The van der Waals surface area contributed by atoms with Crippen LogP contribution in [0.3, 0.4) is 0 Å². The van der Waals surface area contributed by atoms with E-state index in [-0.39, 0.29) is 48.0 Å².